The van der Waals surface area contributed by atoms with Crippen LogP contribution in [0.4, 0.5) is 5.69 Å². The molecular formula is C28H37ClN2O4. The lowest BCUT2D eigenvalue weighted by molar-refractivity contribution is -0.149. The summed E-state index contributed by atoms with van der Waals surface area (Å²) in [6.45, 7) is 10.7. The van der Waals surface area contributed by atoms with E-state index in [9.17, 15) is 19.8 Å². The van der Waals surface area contributed by atoms with Crippen molar-refractivity contribution in [2.45, 2.75) is 65.3 Å². The molecule has 0 bridgehead atoms. The summed E-state index contributed by atoms with van der Waals surface area (Å²) in [5.74, 6) is -3.21. The Hall–Kier alpha value is -2.57. The molecule has 0 saturated carbocycles. The Bertz CT molecular complexity index is 1050. The van der Waals surface area contributed by atoms with Crippen LogP contribution in [-0.4, -0.2) is 35.2 Å². The summed E-state index contributed by atoms with van der Waals surface area (Å²) >= 11 is 6.59. The number of halogens is 1. The van der Waals surface area contributed by atoms with Crippen molar-refractivity contribution in [3.63, 3.8) is 0 Å². The summed E-state index contributed by atoms with van der Waals surface area (Å²) in [6, 6.07) is 12.3. The quantitative estimate of drug-likeness (QED) is 0.342. The third-order valence-corrected chi connectivity index (χ3v) is 7.06. The van der Waals surface area contributed by atoms with Gasteiger partial charge >= 0.3 is 11.9 Å². The highest BCUT2D eigenvalue weighted by Crippen LogP contribution is 2.38. The molecule has 190 valence electrons. The Morgan fingerprint density at radius 2 is 1.83 bits per heavy atom. The summed E-state index contributed by atoms with van der Waals surface area (Å²) in [6.07, 6.45) is 1.37. The minimum Gasteiger partial charge on any atom is -0.481 e. The number of hydrogen-bond donors (Lipinski definition) is 4. The zero-order valence-corrected chi connectivity index (χ0v) is 21.8. The fourth-order valence-electron chi connectivity index (χ4n) is 5.16. The number of aliphatic carboxylic acids is 2. The average molecular weight is 501 g/mol. The Balaban J connectivity index is 1.82. The van der Waals surface area contributed by atoms with Gasteiger partial charge in [0.25, 0.3) is 0 Å². The topological polar surface area (TPSA) is 98.7 Å². The third-order valence-electron chi connectivity index (χ3n) is 6.75. The highest BCUT2D eigenvalue weighted by Gasteiger charge is 2.34. The van der Waals surface area contributed by atoms with Gasteiger partial charge in [-0.05, 0) is 59.0 Å². The van der Waals surface area contributed by atoms with Crippen LogP contribution in [-0.2, 0) is 22.6 Å². The highest BCUT2D eigenvalue weighted by atomic mass is 35.5. The van der Waals surface area contributed by atoms with Crippen LogP contribution in [0, 0.1) is 11.3 Å². The molecule has 6 nitrogen and oxygen atoms in total. The Labute approximate surface area is 213 Å². The number of carbonyl (C=O) groups is 2. The molecule has 2 aromatic rings. The Morgan fingerprint density at radius 3 is 2.43 bits per heavy atom. The second kappa shape index (κ2) is 11.4. The van der Waals surface area contributed by atoms with Crippen LogP contribution >= 0.6 is 11.6 Å². The maximum absolute atomic E-state index is 11.9. The van der Waals surface area contributed by atoms with Crippen LogP contribution in [0.5, 0.6) is 0 Å². The summed E-state index contributed by atoms with van der Waals surface area (Å²) in [5, 5.41) is 26.4. The van der Waals surface area contributed by atoms with Crippen molar-refractivity contribution in [2.24, 2.45) is 11.3 Å². The van der Waals surface area contributed by atoms with Gasteiger partial charge in [-0.2, -0.15) is 0 Å². The fraction of sp³-hybridized carbons (Fsp3) is 0.500. The Kier molecular flexibility index (Phi) is 8.84. The standard InChI is InChI=1S/C28H37ClN2O4/c1-17(14-28(2,3)4)19-7-5-18(6-8-19)15-31-26-21-11-12-30-16-23(20(21)9-10-24(26)29)22(27(34)35)13-25(32)33/h5-10,17,22-23,30-31H,11-16H2,1-4H3,(H,32,33)(H,34,35). The summed E-state index contributed by atoms with van der Waals surface area (Å²) in [4.78, 5) is 23.3. The van der Waals surface area contributed by atoms with E-state index >= 15 is 0 Å². The molecule has 0 fully saturated rings. The third kappa shape index (κ3) is 7.21. The molecule has 0 amide bonds. The van der Waals surface area contributed by atoms with Gasteiger partial charge in [-0.1, -0.05) is 69.6 Å². The zero-order chi connectivity index (χ0) is 25.8. The van der Waals surface area contributed by atoms with Crippen molar-refractivity contribution in [3.05, 3.63) is 63.7 Å². The van der Waals surface area contributed by atoms with E-state index in [1.54, 1.807) is 6.07 Å². The van der Waals surface area contributed by atoms with Crippen LogP contribution in [0.1, 0.15) is 74.6 Å². The summed E-state index contributed by atoms with van der Waals surface area (Å²) in [7, 11) is 0. The Morgan fingerprint density at radius 1 is 1.14 bits per heavy atom. The molecule has 0 radical (unpaired) electrons. The van der Waals surface area contributed by atoms with E-state index in [4.69, 9.17) is 11.6 Å². The van der Waals surface area contributed by atoms with Gasteiger partial charge in [-0.3, -0.25) is 9.59 Å². The van der Waals surface area contributed by atoms with Gasteiger partial charge in [-0.15, -0.1) is 0 Å². The molecule has 0 saturated heterocycles. The summed E-state index contributed by atoms with van der Waals surface area (Å²) < 4.78 is 0. The molecule has 0 aromatic heterocycles. The predicted octanol–water partition coefficient (Wildman–Crippen LogP) is 5.90. The van der Waals surface area contributed by atoms with E-state index in [2.05, 4.69) is 62.6 Å². The van der Waals surface area contributed by atoms with E-state index in [1.165, 1.54) is 5.56 Å². The van der Waals surface area contributed by atoms with Crippen molar-refractivity contribution in [1.29, 1.82) is 0 Å². The largest absolute Gasteiger partial charge is 0.481 e. The monoisotopic (exact) mass is 500 g/mol. The van der Waals surface area contributed by atoms with E-state index in [1.807, 2.05) is 6.07 Å². The summed E-state index contributed by atoms with van der Waals surface area (Å²) in [5.41, 5.74) is 5.33. The van der Waals surface area contributed by atoms with Gasteiger partial charge in [0.05, 0.1) is 23.0 Å². The number of rotatable bonds is 9. The molecule has 3 rings (SSSR count). The lowest BCUT2D eigenvalue weighted by Gasteiger charge is -2.25. The number of nitrogens with one attached hydrogen (secondary N) is 2. The first-order valence-corrected chi connectivity index (χ1v) is 12.6. The molecule has 3 unspecified atom stereocenters. The van der Waals surface area contributed by atoms with E-state index in [-0.39, 0.29) is 5.41 Å². The lowest BCUT2D eigenvalue weighted by Crippen LogP contribution is -2.31. The predicted molar refractivity (Wildman–Crippen MR) is 140 cm³/mol. The SMILES string of the molecule is CC(CC(C)(C)C)c1ccc(CNc2c(Cl)ccc3c2CCNCC3C(CC(=O)O)C(=O)O)cc1. The van der Waals surface area contributed by atoms with Crippen molar-refractivity contribution in [2.75, 3.05) is 18.4 Å². The number of anilines is 1. The van der Waals surface area contributed by atoms with Gasteiger partial charge in [0.2, 0.25) is 0 Å². The van der Waals surface area contributed by atoms with Crippen LogP contribution < -0.4 is 10.6 Å². The zero-order valence-electron chi connectivity index (χ0n) is 21.0. The first kappa shape index (κ1) is 27.0. The molecule has 7 heteroatoms. The maximum Gasteiger partial charge on any atom is 0.307 e. The van der Waals surface area contributed by atoms with Crippen LogP contribution in [0.3, 0.4) is 0 Å². The minimum atomic E-state index is -1.12. The average Bonchev–Trinajstić information content (AvgIpc) is 2.98. The molecule has 1 heterocycles. The first-order valence-electron chi connectivity index (χ1n) is 12.3. The van der Waals surface area contributed by atoms with Crippen molar-refractivity contribution in [1.82, 2.24) is 5.32 Å². The first-order chi connectivity index (χ1) is 16.5. The smallest absolute Gasteiger partial charge is 0.307 e. The van der Waals surface area contributed by atoms with E-state index < -0.39 is 30.2 Å². The van der Waals surface area contributed by atoms with Gasteiger partial charge in [0.1, 0.15) is 0 Å². The molecule has 2 aromatic carbocycles. The van der Waals surface area contributed by atoms with Gasteiger partial charge in [0, 0.05) is 19.0 Å². The molecule has 1 aliphatic rings. The second-order valence-electron chi connectivity index (χ2n) is 10.9. The van der Waals surface area contributed by atoms with E-state index in [0.717, 1.165) is 28.8 Å². The number of carboxylic acid groups (broad SMARTS) is 2. The van der Waals surface area contributed by atoms with Gasteiger partial charge < -0.3 is 20.8 Å². The number of hydrogen-bond acceptors (Lipinski definition) is 4. The second-order valence-corrected chi connectivity index (χ2v) is 11.3. The van der Waals surface area contributed by atoms with E-state index in [0.29, 0.717) is 37.0 Å². The number of fused-ring (bicyclic) bond motifs is 1. The van der Waals surface area contributed by atoms with Crippen molar-refractivity contribution >= 4 is 29.2 Å². The van der Waals surface area contributed by atoms with Crippen LogP contribution in [0.25, 0.3) is 0 Å². The van der Waals surface area contributed by atoms with Gasteiger partial charge in [-0.25, -0.2) is 0 Å². The normalized spacial score (nSPS) is 17.7. The number of benzene rings is 2. The fourth-order valence-corrected chi connectivity index (χ4v) is 5.41. The molecule has 3 atom stereocenters. The molecule has 0 aliphatic carbocycles. The molecule has 0 spiro atoms. The maximum atomic E-state index is 11.9. The van der Waals surface area contributed by atoms with Crippen LogP contribution in [0.15, 0.2) is 36.4 Å². The molecule has 1 aliphatic heterocycles. The molecule has 4 N–H and O–H groups in total. The lowest BCUT2D eigenvalue weighted by atomic mass is 9.81. The van der Waals surface area contributed by atoms with Crippen molar-refractivity contribution in [3.8, 4) is 0 Å². The molecule has 35 heavy (non-hydrogen) atoms. The van der Waals surface area contributed by atoms with Crippen molar-refractivity contribution < 1.29 is 19.8 Å². The minimum absolute atomic E-state index is 0.276. The molecular weight excluding hydrogens is 464 g/mol. The van der Waals surface area contributed by atoms with Crippen LogP contribution in [0.2, 0.25) is 5.02 Å². The van der Waals surface area contributed by atoms with Gasteiger partial charge in [0.15, 0.2) is 0 Å². The highest BCUT2D eigenvalue weighted by molar-refractivity contribution is 6.33. The number of carboxylic acids is 2.